The number of nitrogens with two attached hydrogens (primary N) is 1. The molecule has 0 aliphatic heterocycles. The Bertz CT molecular complexity index is 644. The van der Waals surface area contributed by atoms with Crippen molar-refractivity contribution in [2.75, 3.05) is 5.32 Å². The van der Waals surface area contributed by atoms with Crippen LogP contribution in [-0.2, 0) is 4.79 Å². The maximum Gasteiger partial charge on any atom is 0.312 e. The Morgan fingerprint density at radius 1 is 1.05 bits per heavy atom. The first kappa shape index (κ1) is 15.5. The highest BCUT2D eigenvalue weighted by molar-refractivity contribution is 5.91. The molecule has 0 aliphatic rings. The fourth-order valence-corrected chi connectivity index (χ4v) is 2.04. The number of carbonyl (C=O) groups excluding carboxylic acids is 2. The Hall–Kier alpha value is -2.89. The second-order valence-corrected chi connectivity index (χ2v) is 4.73. The zero-order valence-electron chi connectivity index (χ0n) is 11.8. The summed E-state index contributed by atoms with van der Waals surface area (Å²) in [5.41, 5.74) is 6.41. The number of hydrogen-bond acceptors (Lipinski definition) is 2. The molecule has 0 fully saturated rings. The fourth-order valence-electron chi connectivity index (χ4n) is 2.04. The fraction of sp³-hybridized carbons (Fsp3) is 0.125. The molecule has 2 aromatic carbocycles. The second-order valence-electron chi connectivity index (χ2n) is 4.73. The van der Waals surface area contributed by atoms with Crippen molar-refractivity contribution in [3.63, 3.8) is 0 Å². The van der Waals surface area contributed by atoms with Crippen LogP contribution in [0.15, 0.2) is 54.6 Å². The molecule has 0 spiro atoms. The van der Waals surface area contributed by atoms with E-state index in [-0.39, 0.29) is 18.1 Å². The number of benzene rings is 2. The zero-order chi connectivity index (χ0) is 15.9. The lowest BCUT2D eigenvalue weighted by Crippen LogP contribution is -2.35. The predicted octanol–water partition coefficient (Wildman–Crippen LogP) is 2.56. The van der Waals surface area contributed by atoms with Crippen molar-refractivity contribution in [3.8, 4) is 0 Å². The summed E-state index contributed by atoms with van der Waals surface area (Å²) in [5, 5.41) is 5.18. The minimum Gasteiger partial charge on any atom is -0.352 e. The summed E-state index contributed by atoms with van der Waals surface area (Å²) in [6.45, 7) is 0. The van der Waals surface area contributed by atoms with Gasteiger partial charge in [0, 0.05) is 5.69 Å². The Balaban J connectivity index is 2.04. The molecule has 3 amide bonds. The minimum atomic E-state index is -0.705. The molecule has 114 valence electrons. The summed E-state index contributed by atoms with van der Waals surface area (Å²) in [7, 11) is 0. The highest BCUT2D eigenvalue weighted by Gasteiger charge is 2.17. The van der Waals surface area contributed by atoms with Gasteiger partial charge >= 0.3 is 6.03 Å². The van der Waals surface area contributed by atoms with Crippen LogP contribution in [0, 0.1) is 5.82 Å². The molecule has 5 nitrogen and oxygen atoms in total. The molecular weight excluding hydrogens is 285 g/mol. The van der Waals surface area contributed by atoms with Crippen molar-refractivity contribution in [2.45, 2.75) is 12.5 Å². The van der Waals surface area contributed by atoms with E-state index in [1.165, 1.54) is 24.3 Å². The van der Waals surface area contributed by atoms with Gasteiger partial charge in [0.05, 0.1) is 12.5 Å². The van der Waals surface area contributed by atoms with Crippen molar-refractivity contribution in [1.29, 1.82) is 0 Å². The van der Waals surface area contributed by atoms with Gasteiger partial charge in [0.15, 0.2) is 0 Å². The van der Waals surface area contributed by atoms with Crippen molar-refractivity contribution in [3.05, 3.63) is 66.0 Å². The number of carbonyl (C=O) groups is 2. The third-order valence-electron chi connectivity index (χ3n) is 3.04. The number of hydrogen-bond donors (Lipinski definition) is 3. The molecular formula is C16H16FN3O2. The zero-order valence-corrected chi connectivity index (χ0v) is 11.8. The SMILES string of the molecule is NC(=O)N[C@@H](CC(=O)Nc1ccc(F)cc1)c1ccccc1. The van der Waals surface area contributed by atoms with Crippen LogP contribution < -0.4 is 16.4 Å². The molecule has 0 bridgehead atoms. The van der Waals surface area contributed by atoms with Gasteiger partial charge in [-0.15, -0.1) is 0 Å². The van der Waals surface area contributed by atoms with E-state index in [0.717, 1.165) is 5.56 Å². The summed E-state index contributed by atoms with van der Waals surface area (Å²) in [6.07, 6.45) is 0.0182. The number of urea groups is 1. The first-order chi connectivity index (χ1) is 10.5. The first-order valence-electron chi connectivity index (χ1n) is 6.71. The highest BCUT2D eigenvalue weighted by Crippen LogP contribution is 2.18. The topological polar surface area (TPSA) is 84.2 Å². The van der Waals surface area contributed by atoms with Crippen LogP contribution in [0.25, 0.3) is 0 Å². The Morgan fingerprint density at radius 3 is 2.27 bits per heavy atom. The molecule has 6 heteroatoms. The molecule has 1 atom stereocenters. The Kier molecular flexibility index (Phi) is 5.08. The molecule has 0 aromatic heterocycles. The van der Waals surface area contributed by atoms with Crippen LogP contribution in [0.4, 0.5) is 14.9 Å². The molecule has 2 rings (SSSR count). The average Bonchev–Trinajstić information content (AvgIpc) is 2.49. The number of anilines is 1. The number of halogens is 1. The number of amides is 3. The van der Waals surface area contributed by atoms with E-state index in [1.54, 1.807) is 12.1 Å². The van der Waals surface area contributed by atoms with E-state index >= 15 is 0 Å². The minimum absolute atomic E-state index is 0.0182. The van der Waals surface area contributed by atoms with Crippen LogP contribution in [-0.4, -0.2) is 11.9 Å². The van der Waals surface area contributed by atoms with Gasteiger partial charge in [0.2, 0.25) is 5.91 Å². The molecule has 0 unspecified atom stereocenters. The monoisotopic (exact) mass is 301 g/mol. The molecule has 0 saturated heterocycles. The Morgan fingerprint density at radius 2 is 1.68 bits per heavy atom. The number of primary amides is 1. The molecule has 4 N–H and O–H groups in total. The third-order valence-corrected chi connectivity index (χ3v) is 3.04. The smallest absolute Gasteiger partial charge is 0.312 e. The maximum absolute atomic E-state index is 12.8. The van der Waals surface area contributed by atoms with Crippen LogP contribution in [0.3, 0.4) is 0 Å². The number of nitrogens with one attached hydrogen (secondary N) is 2. The quantitative estimate of drug-likeness (QED) is 0.793. The van der Waals surface area contributed by atoms with Gasteiger partial charge in [0.1, 0.15) is 5.82 Å². The van der Waals surface area contributed by atoms with Crippen molar-refractivity contribution < 1.29 is 14.0 Å². The van der Waals surface area contributed by atoms with E-state index in [4.69, 9.17) is 5.73 Å². The summed E-state index contributed by atoms with van der Waals surface area (Å²) < 4.78 is 12.8. The summed E-state index contributed by atoms with van der Waals surface area (Å²) in [4.78, 5) is 23.2. The van der Waals surface area contributed by atoms with Gasteiger partial charge in [-0.1, -0.05) is 30.3 Å². The van der Waals surface area contributed by atoms with Gasteiger partial charge in [-0.3, -0.25) is 4.79 Å². The van der Waals surface area contributed by atoms with Gasteiger partial charge in [-0.2, -0.15) is 0 Å². The maximum atomic E-state index is 12.8. The first-order valence-corrected chi connectivity index (χ1v) is 6.71. The highest BCUT2D eigenvalue weighted by atomic mass is 19.1. The lowest BCUT2D eigenvalue weighted by molar-refractivity contribution is -0.116. The standard InChI is InChI=1S/C16H16FN3O2/c17-12-6-8-13(9-7-12)19-15(21)10-14(20-16(18)22)11-4-2-1-3-5-11/h1-9,14H,10H2,(H,19,21)(H3,18,20,22)/t14-/m0/s1. The summed E-state index contributed by atoms with van der Waals surface area (Å²) in [6, 6.07) is 13.3. The average molecular weight is 301 g/mol. The lowest BCUT2D eigenvalue weighted by Gasteiger charge is -2.17. The van der Waals surface area contributed by atoms with Gasteiger partial charge < -0.3 is 16.4 Å². The molecule has 2 aromatic rings. The summed E-state index contributed by atoms with van der Waals surface area (Å²) >= 11 is 0. The molecule has 0 heterocycles. The normalized spacial score (nSPS) is 11.5. The van der Waals surface area contributed by atoms with E-state index in [1.807, 2.05) is 18.2 Å². The second kappa shape index (κ2) is 7.21. The van der Waals surface area contributed by atoms with Crippen LogP contribution in [0.1, 0.15) is 18.0 Å². The molecule has 0 saturated carbocycles. The van der Waals surface area contributed by atoms with Crippen LogP contribution >= 0.6 is 0 Å². The van der Waals surface area contributed by atoms with Gasteiger partial charge in [0.25, 0.3) is 0 Å². The summed E-state index contributed by atoms with van der Waals surface area (Å²) in [5.74, 6) is -0.690. The van der Waals surface area contributed by atoms with Crippen molar-refractivity contribution >= 4 is 17.6 Å². The van der Waals surface area contributed by atoms with Gasteiger partial charge in [-0.25, -0.2) is 9.18 Å². The van der Waals surface area contributed by atoms with Gasteiger partial charge in [-0.05, 0) is 29.8 Å². The largest absolute Gasteiger partial charge is 0.352 e. The lowest BCUT2D eigenvalue weighted by atomic mass is 10.0. The van der Waals surface area contributed by atoms with Crippen molar-refractivity contribution in [2.24, 2.45) is 5.73 Å². The number of rotatable bonds is 5. The Labute approximate surface area is 127 Å². The van der Waals surface area contributed by atoms with E-state index < -0.39 is 12.1 Å². The molecule has 0 radical (unpaired) electrons. The van der Waals surface area contributed by atoms with E-state index in [0.29, 0.717) is 5.69 Å². The van der Waals surface area contributed by atoms with E-state index in [2.05, 4.69) is 10.6 Å². The van der Waals surface area contributed by atoms with Crippen LogP contribution in [0.5, 0.6) is 0 Å². The molecule has 22 heavy (non-hydrogen) atoms. The third kappa shape index (κ3) is 4.59. The van der Waals surface area contributed by atoms with Crippen molar-refractivity contribution in [1.82, 2.24) is 5.32 Å². The van der Waals surface area contributed by atoms with E-state index in [9.17, 15) is 14.0 Å². The molecule has 0 aliphatic carbocycles. The van der Waals surface area contributed by atoms with Crippen LogP contribution in [0.2, 0.25) is 0 Å². The predicted molar refractivity (Wildman–Crippen MR) is 81.5 cm³/mol.